The Morgan fingerprint density at radius 3 is 2.58 bits per heavy atom. The summed E-state index contributed by atoms with van der Waals surface area (Å²) >= 11 is 0. The Labute approximate surface area is 180 Å². The van der Waals surface area contributed by atoms with Crippen molar-refractivity contribution in [1.29, 1.82) is 0 Å². The number of halogens is 2. The molecule has 1 aliphatic rings. The van der Waals surface area contributed by atoms with Crippen LogP contribution in [0, 0.1) is 18.6 Å². The van der Waals surface area contributed by atoms with E-state index in [1.807, 2.05) is 24.8 Å². The Balaban J connectivity index is 1.49. The Hall–Kier alpha value is -3.06. The number of carbonyl (C=O) groups excluding carboxylic acids is 1. The molecule has 0 saturated carbocycles. The number of nitrogens with zero attached hydrogens (tertiary/aromatic N) is 2. The standard InChI is InChI=1S/C24H25F2N3O2/c1-14-8-20(19-6-5-18(25)10-22(19)28-14)24(30)27-11-17-4-7-23(21(26)9-17)29-12-15(2)31-16(3)13-29/h4-10,15-16H,11-13H2,1-3H3,(H,27,30)/t15-,16+. The minimum Gasteiger partial charge on any atom is -0.372 e. The number of hydrogen-bond donors (Lipinski definition) is 1. The van der Waals surface area contributed by atoms with Gasteiger partial charge in [0.15, 0.2) is 0 Å². The number of carbonyl (C=O) groups is 1. The summed E-state index contributed by atoms with van der Waals surface area (Å²) in [5.41, 5.74) is 2.65. The minimum atomic E-state index is -0.406. The van der Waals surface area contributed by atoms with Gasteiger partial charge in [0, 0.05) is 36.8 Å². The average Bonchev–Trinajstić information content (AvgIpc) is 2.70. The first-order valence-corrected chi connectivity index (χ1v) is 10.3. The van der Waals surface area contributed by atoms with Crippen molar-refractivity contribution in [3.05, 3.63) is 70.9 Å². The number of benzene rings is 2. The van der Waals surface area contributed by atoms with Crippen LogP contribution in [0.2, 0.25) is 0 Å². The van der Waals surface area contributed by atoms with Gasteiger partial charge in [0.2, 0.25) is 0 Å². The van der Waals surface area contributed by atoms with Crippen LogP contribution >= 0.6 is 0 Å². The Bertz CT molecular complexity index is 1120. The van der Waals surface area contributed by atoms with Crippen molar-refractivity contribution in [2.75, 3.05) is 18.0 Å². The summed E-state index contributed by atoms with van der Waals surface area (Å²) in [6, 6.07) is 10.8. The van der Waals surface area contributed by atoms with E-state index in [9.17, 15) is 13.6 Å². The van der Waals surface area contributed by atoms with Crippen molar-refractivity contribution in [3.8, 4) is 0 Å². The fourth-order valence-corrected chi connectivity index (χ4v) is 4.09. The van der Waals surface area contributed by atoms with E-state index in [1.54, 1.807) is 25.1 Å². The molecular weight excluding hydrogens is 400 g/mol. The van der Waals surface area contributed by atoms with Crippen LogP contribution in [0.5, 0.6) is 0 Å². The van der Waals surface area contributed by atoms with Gasteiger partial charge < -0.3 is 15.0 Å². The molecule has 31 heavy (non-hydrogen) atoms. The van der Waals surface area contributed by atoms with E-state index in [-0.39, 0.29) is 30.5 Å². The summed E-state index contributed by atoms with van der Waals surface area (Å²) in [5.74, 6) is -1.05. The van der Waals surface area contributed by atoms with Crippen molar-refractivity contribution in [2.45, 2.75) is 39.5 Å². The predicted molar refractivity (Wildman–Crippen MR) is 116 cm³/mol. The van der Waals surface area contributed by atoms with Crippen LogP contribution in [0.4, 0.5) is 14.5 Å². The second kappa shape index (κ2) is 8.59. The van der Waals surface area contributed by atoms with Gasteiger partial charge in [-0.3, -0.25) is 9.78 Å². The Morgan fingerprint density at radius 2 is 1.87 bits per heavy atom. The minimum absolute atomic E-state index is 0.0363. The summed E-state index contributed by atoms with van der Waals surface area (Å²) in [5, 5.41) is 3.40. The van der Waals surface area contributed by atoms with E-state index < -0.39 is 5.82 Å². The van der Waals surface area contributed by atoms with E-state index >= 15 is 0 Å². The van der Waals surface area contributed by atoms with Crippen LogP contribution in [-0.4, -0.2) is 36.2 Å². The highest BCUT2D eigenvalue weighted by Gasteiger charge is 2.24. The number of aromatic nitrogens is 1. The molecule has 0 unspecified atom stereocenters. The van der Waals surface area contributed by atoms with Crippen molar-refractivity contribution in [3.63, 3.8) is 0 Å². The number of ether oxygens (including phenoxy) is 1. The lowest BCUT2D eigenvalue weighted by atomic mass is 10.1. The first kappa shape index (κ1) is 21.2. The maximum atomic E-state index is 14.8. The summed E-state index contributed by atoms with van der Waals surface area (Å²) in [6.07, 6.45) is 0.0727. The molecule has 2 heterocycles. The third-order valence-corrected chi connectivity index (χ3v) is 5.37. The molecule has 2 atom stereocenters. The highest BCUT2D eigenvalue weighted by atomic mass is 19.1. The number of pyridine rings is 1. The SMILES string of the molecule is Cc1cc(C(=O)NCc2ccc(N3C[C@@H](C)O[C@@H](C)C3)c(F)c2)c2ccc(F)cc2n1. The van der Waals surface area contributed by atoms with Crippen LogP contribution in [0.1, 0.15) is 35.5 Å². The van der Waals surface area contributed by atoms with E-state index in [2.05, 4.69) is 10.3 Å². The molecule has 0 spiro atoms. The number of morpholine rings is 1. The zero-order valence-corrected chi connectivity index (χ0v) is 17.8. The first-order chi connectivity index (χ1) is 14.8. The average molecular weight is 425 g/mol. The molecule has 4 rings (SSSR count). The molecule has 1 fully saturated rings. The molecule has 1 N–H and O–H groups in total. The van der Waals surface area contributed by atoms with E-state index in [0.29, 0.717) is 46.5 Å². The molecule has 1 amide bonds. The summed E-state index contributed by atoms with van der Waals surface area (Å²) < 4.78 is 34.0. The lowest BCUT2D eigenvalue weighted by Crippen LogP contribution is -2.45. The molecule has 3 aromatic rings. The van der Waals surface area contributed by atoms with E-state index in [4.69, 9.17) is 4.74 Å². The highest BCUT2D eigenvalue weighted by Crippen LogP contribution is 2.25. The highest BCUT2D eigenvalue weighted by molar-refractivity contribution is 6.06. The van der Waals surface area contributed by atoms with Gasteiger partial charge in [-0.15, -0.1) is 0 Å². The first-order valence-electron chi connectivity index (χ1n) is 10.3. The van der Waals surface area contributed by atoms with Gasteiger partial charge in [-0.25, -0.2) is 8.78 Å². The summed E-state index contributed by atoms with van der Waals surface area (Å²) in [6.45, 7) is 7.14. The fraction of sp³-hybridized carbons (Fsp3) is 0.333. The zero-order valence-electron chi connectivity index (χ0n) is 17.8. The molecule has 2 aromatic carbocycles. The number of amides is 1. The summed E-state index contributed by atoms with van der Waals surface area (Å²) in [7, 11) is 0. The lowest BCUT2D eigenvalue weighted by Gasteiger charge is -2.37. The van der Waals surface area contributed by atoms with Gasteiger partial charge in [-0.05, 0) is 56.7 Å². The van der Waals surface area contributed by atoms with Gasteiger partial charge in [-0.1, -0.05) is 6.07 Å². The largest absolute Gasteiger partial charge is 0.372 e. The third kappa shape index (κ3) is 4.66. The van der Waals surface area contributed by atoms with Crippen LogP contribution in [0.3, 0.4) is 0 Å². The number of fused-ring (bicyclic) bond motifs is 1. The van der Waals surface area contributed by atoms with Crippen LogP contribution in [0.15, 0.2) is 42.5 Å². The van der Waals surface area contributed by atoms with Crippen LogP contribution < -0.4 is 10.2 Å². The summed E-state index contributed by atoms with van der Waals surface area (Å²) in [4.78, 5) is 19.1. The number of rotatable bonds is 4. The Kier molecular flexibility index (Phi) is 5.87. The molecule has 0 aliphatic carbocycles. The van der Waals surface area contributed by atoms with Crippen molar-refractivity contribution in [1.82, 2.24) is 10.3 Å². The Morgan fingerprint density at radius 1 is 1.13 bits per heavy atom. The lowest BCUT2D eigenvalue weighted by molar-refractivity contribution is -0.00539. The molecule has 0 radical (unpaired) electrons. The molecule has 5 nitrogen and oxygen atoms in total. The van der Waals surface area contributed by atoms with Crippen molar-refractivity contribution < 1.29 is 18.3 Å². The quantitative estimate of drug-likeness (QED) is 0.675. The van der Waals surface area contributed by atoms with Gasteiger partial charge >= 0.3 is 0 Å². The molecule has 1 aliphatic heterocycles. The molecular formula is C24H25F2N3O2. The van der Waals surface area contributed by atoms with Crippen LogP contribution in [0.25, 0.3) is 10.9 Å². The second-order valence-electron chi connectivity index (χ2n) is 8.10. The molecule has 1 aromatic heterocycles. The molecule has 0 bridgehead atoms. The zero-order chi connectivity index (χ0) is 22.1. The second-order valence-corrected chi connectivity index (χ2v) is 8.10. The number of hydrogen-bond acceptors (Lipinski definition) is 4. The van der Waals surface area contributed by atoms with Crippen molar-refractivity contribution >= 4 is 22.5 Å². The number of anilines is 1. The van der Waals surface area contributed by atoms with E-state index in [0.717, 1.165) is 0 Å². The number of nitrogens with one attached hydrogen (secondary N) is 1. The predicted octanol–water partition coefficient (Wildman–Crippen LogP) is 4.37. The van der Waals surface area contributed by atoms with Gasteiger partial charge in [0.05, 0.1) is 29.0 Å². The number of aryl methyl sites for hydroxylation is 1. The van der Waals surface area contributed by atoms with Crippen LogP contribution in [-0.2, 0) is 11.3 Å². The maximum absolute atomic E-state index is 14.8. The topological polar surface area (TPSA) is 54.5 Å². The van der Waals surface area contributed by atoms with Crippen molar-refractivity contribution in [2.24, 2.45) is 0 Å². The smallest absolute Gasteiger partial charge is 0.252 e. The molecule has 162 valence electrons. The normalized spacial score (nSPS) is 18.9. The third-order valence-electron chi connectivity index (χ3n) is 5.37. The van der Waals surface area contributed by atoms with E-state index in [1.165, 1.54) is 18.2 Å². The monoisotopic (exact) mass is 425 g/mol. The maximum Gasteiger partial charge on any atom is 0.252 e. The van der Waals surface area contributed by atoms with Gasteiger partial charge in [0.25, 0.3) is 5.91 Å². The fourth-order valence-electron chi connectivity index (χ4n) is 4.09. The van der Waals surface area contributed by atoms with Gasteiger partial charge in [0.1, 0.15) is 11.6 Å². The molecule has 1 saturated heterocycles. The van der Waals surface area contributed by atoms with Gasteiger partial charge in [-0.2, -0.15) is 0 Å². The molecule has 7 heteroatoms.